The maximum atomic E-state index is 13.4. The van der Waals surface area contributed by atoms with Gasteiger partial charge in [0.1, 0.15) is 5.69 Å². The molecule has 1 N–H and O–H groups in total. The maximum Gasteiger partial charge on any atom is 0.356 e. The predicted octanol–water partition coefficient (Wildman–Crippen LogP) is 1.41. The Bertz CT molecular complexity index is 551. The zero-order valence-electron chi connectivity index (χ0n) is 8.38. The van der Waals surface area contributed by atoms with Crippen LogP contribution in [0, 0.1) is 12.7 Å². The lowest BCUT2D eigenvalue weighted by atomic mass is 10.3. The van der Waals surface area contributed by atoms with Gasteiger partial charge in [0.25, 0.3) is 0 Å². The van der Waals surface area contributed by atoms with Crippen molar-refractivity contribution in [2.24, 2.45) is 0 Å². The van der Waals surface area contributed by atoms with E-state index in [1.54, 1.807) is 6.92 Å². The fourth-order valence-electron chi connectivity index (χ4n) is 1.36. The van der Waals surface area contributed by atoms with E-state index in [0.717, 1.165) is 6.20 Å². The predicted molar refractivity (Wildman–Crippen MR) is 53.0 cm³/mol. The molecule has 6 heteroatoms. The average molecular weight is 221 g/mol. The van der Waals surface area contributed by atoms with E-state index in [9.17, 15) is 9.18 Å². The Morgan fingerprint density at radius 2 is 2.31 bits per heavy atom. The zero-order valence-corrected chi connectivity index (χ0v) is 8.38. The first kappa shape index (κ1) is 10.3. The highest BCUT2D eigenvalue weighted by Gasteiger charge is 2.13. The van der Waals surface area contributed by atoms with Crippen molar-refractivity contribution in [2.75, 3.05) is 0 Å². The van der Waals surface area contributed by atoms with E-state index in [-0.39, 0.29) is 11.4 Å². The summed E-state index contributed by atoms with van der Waals surface area (Å²) < 4.78 is 14.6. The average Bonchev–Trinajstić information content (AvgIpc) is 2.61. The number of hydrogen-bond acceptors (Lipinski definition) is 3. The van der Waals surface area contributed by atoms with E-state index in [1.807, 2.05) is 0 Å². The number of carboxylic acids is 1. The van der Waals surface area contributed by atoms with Gasteiger partial charge in [0, 0.05) is 11.9 Å². The number of halogens is 1. The molecular formula is C10H8FN3O2. The molecule has 0 saturated carbocycles. The molecule has 0 unspecified atom stereocenters. The van der Waals surface area contributed by atoms with Crippen molar-refractivity contribution in [3.05, 3.63) is 41.7 Å². The zero-order chi connectivity index (χ0) is 11.7. The quantitative estimate of drug-likeness (QED) is 0.832. The highest BCUT2D eigenvalue weighted by molar-refractivity contribution is 5.85. The summed E-state index contributed by atoms with van der Waals surface area (Å²) in [6, 6.07) is 2.81. The van der Waals surface area contributed by atoms with E-state index < -0.39 is 11.8 Å². The molecule has 5 nitrogen and oxygen atoms in total. The van der Waals surface area contributed by atoms with E-state index >= 15 is 0 Å². The molecule has 82 valence electrons. The SMILES string of the molecule is Cc1cc(C(=O)O)nn1-c1ccncc1F. The van der Waals surface area contributed by atoms with Crippen LogP contribution in [0.25, 0.3) is 5.69 Å². The Morgan fingerprint density at radius 1 is 1.56 bits per heavy atom. The van der Waals surface area contributed by atoms with Gasteiger partial charge in [-0.1, -0.05) is 0 Å². The van der Waals surface area contributed by atoms with Crippen molar-refractivity contribution < 1.29 is 14.3 Å². The van der Waals surface area contributed by atoms with Gasteiger partial charge in [-0.05, 0) is 19.1 Å². The summed E-state index contributed by atoms with van der Waals surface area (Å²) in [6.45, 7) is 1.65. The van der Waals surface area contributed by atoms with E-state index in [0.29, 0.717) is 5.69 Å². The molecule has 0 aliphatic heterocycles. The first-order valence-corrected chi connectivity index (χ1v) is 4.49. The summed E-state index contributed by atoms with van der Waals surface area (Å²) in [6.07, 6.45) is 2.47. The number of rotatable bonds is 2. The Kier molecular flexibility index (Phi) is 2.40. The fourth-order valence-corrected chi connectivity index (χ4v) is 1.36. The molecule has 0 radical (unpaired) electrons. The first-order chi connectivity index (χ1) is 7.59. The highest BCUT2D eigenvalue weighted by Crippen LogP contribution is 2.14. The molecule has 0 saturated heterocycles. The second-order valence-corrected chi connectivity index (χ2v) is 3.22. The van der Waals surface area contributed by atoms with Crippen LogP contribution in [-0.4, -0.2) is 25.8 Å². The summed E-state index contributed by atoms with van der Waals surface area (Å²) in [5, 5.41) is 12.5. The minimum Gasteiger partial charge on any atom is -0.476 e. The molecule has 0 fully saturated rings. The van der Waals surface area contributed by atoms with Gasteiger partial charge in [-0.3, -0.25) is 4.98 Å². The molecule has 2 heterocycles. The van der Waals surface area contributed by atoms with Gasteiger partial charge in [-0.25, -0.2) is 13.9 Å². The summed E-state index contributed by atoms with van der Waals surface area (Å²) in [5.74, 6) is -1.69. The van der Waals surface area contributed by atoms with Crippen molar-refractivity contribution in [1.29, 1.82) is 0 Å². The van der Waals surface area contributed by atoms with E-state index in [2.05, 4.69) is 10.1 Å². The lowest BCUT2D eigenvalue weighted by Gasteiger charge is -2.03. The van der Waals surface area contributed by atoms with Crippen LogP contribution in [0.2, 0.25) is 0 Å². The van der Waals surface area contributed by atoms with Gasteiger partial charge in [-0.15, -0.1) is 0 Å². The molecule has 0 aromatic carbocycles. The number of carboxylic acid groups (broad SMARTS) is 1. The van der Waals surface area contributed by atoms with Crippen LogP contribution in [0.4, 0.5) is 4.39 Å². The molecule has 0 amide bonds. The van der Waals surface area contributed by atoms with Crippen LogP contribution in [0.3, 0.4) is 0 Å². The van der Waals surface area contributed by atoms with Crippen LogP contribution >= 0.6 is 0 Å². The monoisotopic (exact) mass is 221 g/mol. The van der Waals surface area contributed by atoms with Gasteiger partial charge in [0.2, 0.25) is 0 Å². The number of aryl methyl sites for hydroxylation is 1. The van der Waals surface area contributed by atoms with Crippen molar-refractivity contribution >= 4 is 5.97 Å². The minimum absolute atomic E-state index is 0.117. The van der Waals surface area contributed by atoms with Crippen LogP contribution in [0.15, 0.2) is 24.5 Å². The Balaban J connectivity index is 2.57. The largest absolute Gasteiger partial charge is 0.476 e. The number of nitrogens with zero attached hydrogens (tertiary/aromatic N) is 3. The molecule has 16 heavy (non-hydrogen) atoms. The highest BCUT2D eigenvalue weighted by atomic mass is 19.1. The normalized spacial score (nSPS) is 10.4. The lowest BCUT2D eigenvalue weighted by molar-refractivity contribution is 0.0690. The summed E-state index contributed by atoms with van der Waals surface area (Å²) >= 11 is 0. The van der Waals surface area contributed by atoms with Crippen molar-refractivity contribution in [3.63, 3.8) is 0 Å². The molecular weight excluding hydrogens is 213 g/mol. The smallest absolute Gasteiger partial charge is 0.356 e. The molecule has 2 aromatic rings. The number of aromatic carboxylic acids is 1. The van der Waals surface area contributed by atoms with Crippen molar-refractivity contribution in [1.82, 2.24) is 14.8 Å². The number of pyridine rings is 1. The van der Waals surface area contributed by atoms with Gasteiger partial charge in [0.05, 0.1) is 6.20 Å². The molecule has 2 rings (SSSR count). The standard InChI is InChI=1S/C10H8FN3O2/c1-6-4-8(10(15)16)13-14(6)9-2-3-12-5-7(9)11/h2-5H,1H3,(H,15,16). The fraction of sp³-hybridized carbons (Fsp3) is 0.100. The lowest BCUT2D eigenvalue weighted by Crippen LogP contribution is -2.04. The second-order valence-electron chi connectivity index (χ2n) is 3.22. The minimum atomic E-state index is -1.14. The third-order valence-corrected chi connectivity index (χ3v) is 2.09. The summed E-state index contributed by atoms with van der Waals surface area (Å²) in [5.41, 5.74) is 0.608. The van der Waals surface area contributed by atoms with Gasteiger partial charge in [-0.2, -0.15) is 5.10 Å². The second kappa shape index (κ2) is 3.73. The van der Waals surface area contributed by atoms with E-state index in [1.165, 1.54) is 23.0 Å². The first-order valence-electron chi connectivity index (χ1n) is 4.49. The third kappa shape index (κ3) is 1.65. The Morgan fingerprint density at radius 3 is 2.88 bits per heavy atom. The summed E-state index contributed by atoms with van der Waals surface area (Å²) in [7, 11) is 0. The maximum absolute atomic E-state index is 13.4. The van der Waals surface area contributed by atoms with Gasteiger partial charge in [0.15, 0.2) is 11.5 Å². The molecule has 0 spiro atoms. The number of carbonyl (C=O) groups is 1. The Hall–Kier alpha value is -2.24. The third-order valence-electron chi connectivity index (χ3n) is 2.09. The molecule has 0 aliphatic rings. The van der Waals surface area contributed by atoms with Crippen molar-refractivity contribution in [3.8, 4) is 5.69 Å². The van der Waals surface area contributed by atoms with Crippen LogP contribution in [0.1, 0.15) is 16.2 Å². The van der Waals surface area contributed by atoms with Crippen LogP contribution < -0.4 is 0 Å². The van der Waals surface area contributed by atoms with Gasteiger partial charge >= 0.3 is 5.97 Å². The molecule has 0 bridgehead atoms. The Labute approximate surface area is 90.2 Å². The molecule has 0 atom stereocenters. The molecule has 2 aromatic heterocycles. The van der Waals surface area contributed by atoms with Crippen LogP contribution in [0.5, 0.6) is 0 Å². The molecule has 0 aliphatic carbocycles. The van der Waals surface area contributed by atoms with Crippen LogP contribution in [-0.2, 0) is 0 Å². The number of aromatic nitrogens is 3. The van der Waals surface area contributed by atoms with E-state index in [4.69, 9.17) is 5.11 Å². The topological polar surface area (TPSA) is 68.0 Å². The van der Waals surface area contributed by atoms with Crippen molar-refractivity contribution in [2.45, 2.75) is 6.92 Å². The van der Waals surface area contributed by atoms with Gasteiger partial charge < -0.3 is 5.11 Å². The number of hydrogen-bond donors (Lipinski definition) is 1. The summed E-state index contributed by atoms with van der Waals surface area (Å²) in [4.78, 5) is 14.3.